The van der Waals surface area contributed by atoms with E-state index in [1.807, 2.05) is 12.1 Å². The van der Waals surface area contributed by atoms with Gasteiger partial charge in [0.25, 0.3) is 0 Å². The van der Waals surface area contributed by atoms with Gasteiger partial charge in [0, 0.05) is 12.0 Å². The number of hydrogen-bond donors (Lipinski definition) is 0. The van der Waals surface area contributed by atoms with E-state index in [1.54, 1.807) is 22.9 Å². The van der Waals surface area contributed by atoms with Crippen LogP contribution in [0.5, 0.6) is 0 Å². The molecule has 0 amide bonds. The van der Waals surface area contributed by atoms with E-state index in [2.05, 4.69) is 23.0 Å². The van der Waals surface area contributed by atoms with Gasteiger partial charge in [-0.3, -0.25) is 0 Å². The predicted octanol–water partition coefficient (Wildman–Crippen LogP) is 4.61. The van der Waals surface area contributed by atoms with Crippen LogP contribution in [0.25, 0.3) is 11.3 Å². The summed E-state index contributed by atoms with van der Waals surface area (Å²) in [5, 5.41) is 17.2. The lowest BCUT2D eigenvalue weighted by Gasteiger charge is -2.09. The molecular weight excluding hydrogens is 353 g/mol. The molecule has 0 saturated carbocycles. The van der Waals surface area contributed by atoms with Gasteiger partial charge in [0.05, 0.1) is 29.4 Å². The zero-order valence-electron chi connectivity index (χ0n) is 14.2. The molecule has 0 atom stereocenters. The highest BCUT2D eigenvalue weighted by Gasteiger charge is 2.30. The molecule has 3 aromatic rings. The summed E-state index contributed by atoms with van der Waals surface area (Å²) in [6, 6.07) is 14.0. The Morgan fingerprint density at radius 1 is 1.07 bits per heavy atom. The summed E-state index contributed by atoms with van der Waals surface area (Å²) in [5.41, 5.74) is 2.64. The van der Waals surface area contributed by atoms with Gasteiger partial charge in [-0.15, -0.1) is 11.7 Å². The molecule has 0 N–H and O–H groups in total. The molecule has 7 heteroatoms. The molecule has 4 nitrogen and oxygen atoms in total. The first-order valence-corrected chi connectivity index (χ1v) is 8.12. The Morgan fingerprint density at radius 2 is 1.74 bits per heavy atom. The molecule has 0 aliphatic carbocycles. The van der Waals surface area contributed by atoms with Gasteiger partial charge >= 0.3 is 6.18 Å². The molecule has 1 aromatic heterocycles. The number of benzene rings is 2. The van der Waals surface area contributed by atoms with Crippen LogP contribution in [0, 0.1) is 11.3 Å². The number of rotatable bonds is 5. The van der Waals surface area contributed by atoms with Gasteiger partial charge in [-0.05, 0) is 29.8 Å². The first kappa shape index (κ1) is 18.4. The quantitative estimate of drug-likeness (QED) is 0.618. The lowest BCUT2D eigenvalue weighted by atomic mass is 10.1. The van der Waals surface area contributed by atoms with Gasteiger partial charge in [0.1, 0.15) is 5.69 Å². The average molecular weight is 368 g/mol. The fourth-order valence-electron chi connectivity index (χ4n) is 2.70. The van der Waals surface area contributed by atoms with Crippen molar-refractivity contribution in [3.8, 4) is 17.3 Å². The van der Waals surface area contributed by atoms with Crippen LogP contribution in [0.4, 0.5) is 13.2 Å². The van der Waals surface area contributed by atoms with E-state index in [9.17, 15) is 13.2 Å². The maximum Gasteiger partial charge on any atom is 0.416 e. The van der Waals surface area contributed by atoms with E-state index in [1.165, 1.54) is 12.1 Å². The third-order valence-electron chi connectivity index (χ3n) is 4.08. The standard InChI is InChI=1S/C20H15F3N4/c1-2-3-18-19(16-8-10-17(11-9-16)20(21,22)23)25-26-27(18)13-15-6-4-14(12-24)5-7-15/h2,4-11H,1,3,13H2. The third kappa shape index (κ3) is 4.06. The first-order chi connectivity index (χ1) is 12.9. The second-order valence-electron chi connectivity index (χ2n) is 5.92. The van der Waals surface area contributed by atoms with E-state index in [0.717, 1.165) is 23.4 Å². The van der Waals surface area contributed by atoms with E-state index >= 15 is 0 Å². The topological polar surface area (TPSA) is 54.5 Å². The number of halogens is 3. The minimum atomic E-state index is -4.38. The third-order valence-corrected chi connectivity index (χ3v) is 4.08. The number of nitrogens with zero attached hydrogens (tertiary/aromatic N) is 4. The van der Waals surface area contributed by atoms with E-state index < -0.39 is 11.7 Å². The molecule has 2 aromatic carbocycles. The van der Waals surface area contributed by atoms with Gasteiger partial charge < -0.3 is 0 Å². The minimum absolute atomic E-state index is 0.433. The van der Waals surface area contributed by atoms with Crippen LogP contribution in [0.3, 0.4) is 0 Å². The summed E-state index contributed by atoms with van der Waals surface area (Å²) < 4.78 is 40.0. The fourth-order valence-corrected chi connectivity index (χ4v) is 2.70. The second kappa shape index (κ2) is 7.46. The molecule has 0 unspecified atom stereocenters. The molecule has 1 heterocycles. The molecule has 0 fully saturated rings. The molecule has 3 rings (SSSR count). The largest absolute Gasteiger partial charge is 0.416 e. The molecule has 0 aliphatic heterocycles. The second-order valence-corrected chi connectivity index (χ2v) is 5.92. The SMILES string of the molecule is C=CCc1c(-c2ccc(C(F)(F)F)cc2)nnn1Cc1ccc(C#N)cc1. The number of allylic oxidation sites excluding steroid dienone is 1. The molecule has 0 spiro atoms. The Bertz CT molecular complexity index is 978. The van der Waals surface area contributed by atoms with Gasteiger partial charge in [0.15, 0.2) is 0 Å². The van der Waals surface area contributed by atoms with Crippen LogP contribution in [-0.2, 0) is 19.1 Å². The van der Waals surface area contributed by atoms with Crippen molar-refractivity contribution < 1.29 is 13.2 Å². The summed E-state index contributed by atoms with van der Waals surface area (Å²) in [4.78, 5) is 0. The lowest BCUT2D eigenvalue weighted by Crippen LogP contribution is -2.06. The summed E-state index contributed by atoms with van der Waals surface area (Å²) in [6.07, 6.45) is -2.21. The minimum Gasteiger partial charge on any atom is -0.244 e. The van der Waals surface area contributed by atoms with Gasteiger partial charge in [-0.2, -0.15) is 18.4 Å². The number of nitriles is 1. The summed E-state index contributed by atoms with van der Waals surface area (Å²) in [7, 11) is 0. The van der Waals surface area contributed by atoms with Crippen molar-refractivity contribution in [3.05, 3.63) is 83.6 Å². The Kier molecular flexibility index (Phi) is 5.08. The molecule has 136 valence electrons. The van der Waals surface area contributed by atoms with E-state index in [0.29, 0.717) is 29.8 Å². The van der Waals surface area contributed by atoms with E-state index in [-0.39, 0.29) is 0 Å². The fraction of sp³-hybridized carbons (Fsp3) is 0.150. The van der Waals surface area contributed by atoms with Crippen molar-refractivity contribution in [3.63, 3.8) is 0 Å². The van der Waals surface area contributed by atoms with Crippen LogP contribution in [-0.4, -0.2) is 15.0 Å². The predicted molar refractivity (Wildman–Crippen MR) is 94.6 cm³/mol. The lowest BCUT2D eigenvalue weighted by molar-refractivity contribution is -0.137. The van der Waals surface area contributed by atoms with Crippen molar-refractivity contribution in [2.24, 2.45) is 0 Å². The van der Waals surface area contributed by atoms with Crippen molar-refractivity contribution >= 4 is 0 Å². The molecule has 0 saturated heterocycles. The summed E-state index contributed by atoms with van der Waals surface area (Å²) >= 11 is 0. The molecule has 0 radical (unpaired) electrons. The van der Waals surface area contributed by atoms with Gasteiger partial charge in [-0.1, -0.05) is 35.6 Å². The van der Waals surface area contributed by atoms with Crippen molar-refractivity contribution in [2.45, 2.75) is 19.1 Å². The monoisotopic (exact) mass is 368 g/mol. The van der Waals surface area contributed by atoms with E-state index in [4.69, 9.17) is 5.26 Å². The van der Waals surface area contributed by atoms with Crippen LogP contribution in [0.1, 0.15) is 22.4 Å². The van der Waals surface area contributed by atoms with Crippen LogP contribution < -0.4 is 0 Å². The van der Waals surface area contributed by atoms with Gasteiger partial charge in [0.2, 0.25) is 0 Å². The summed E-state index contributed by atoms with van der Waals surface area (Å²) in [5.74, 6) is 0. The van der Waals surface area contributed by atoms with Crippen LogP contribution >= 0.6 is 0 Å². The molecule has 0 aliphatic rings. The van der Waals surface area contributed by atoms with Crippen LogP contribution in [0.15, 0.2) is 61.2 Å². The zero-order valence-corrected chi connectivity index (χ0v) is 14.2. The Morgan fingerprint density at radius 3 is 2.30 bits per heavy atom. The van der Waals surface area contributed by atoms with Crippen LogP contribution in [0.2, 0.25) is 0 Å². The highest BCUT2D eigenvalue weighted by molar-refractivity contribution is 5.62. The number of aromatic nitrogens is 3. The Balaban J connectivity index is 1.93. The molecule has 0 bridgehead atoms. The Hall–Kier alpha value is -3.40. The van der Waals surface area contributed by atoms with Crippen molar-refractivity contribution in [1.82, 2.24) is 15.0 Å². The number of hydrogen-bond acceptors (Lipinski definition) is 3. The average Bonchev–Trinajstić information content (AvgIpc) is 3.04. The highest BCUT2D eigenvalue weighted by atomic mass is 19.4. The Labute approximate surface area is 154 Å². The highest BCUT2D eigenvalue weighted by Crippen LogP contribution is 2.31. The zero-order chi connectivity index (χ0) is 19.4. The maximum absolute atomic E-state index is 12.8. The molecule has 27 heavy (non-hydrogen) atoms. The normalized spacial score (nSPS) is 11.2. The number of alkyl halides is 3. The smallest absolute Gasteiger partial charge is 0.244 e. The molecular formula is C20H15F3N4. The first-order valence-electron chi connectivity index (χ1n) is 8.12. The maximum atomic E-state index is 12.8. The van der Waals surface area contributed by atoms with Gasteiger partial charge in [-0.25, -0.2) is 4.68 Å². The van der Waals surface area contributed by atoms with Crippen molar-refractivity contribution in [1.29, 1.82) is 5.26 Å². The van der Waals surface area contributed by atoms with Crippen molar-refractivity contribution in [2.75, 3.05) is 0 Å². The summed E-state index contributed by atoms with van der Waals surface area (Å²) in [6.45, 7) is 4.17.